The van der Waals surface area contributed by atoms with Crippen LogP contribution in [-0.2, 0) is 6.61 Å². The van der Waals surface area contributed by atoms with Gasteiger partial charge in [0.15, 0.2) is 11.6 Å². The second kappa shape index (κ2) is 11.0. The molecule has 0 radical (unpaired) electrons. The Balaban J connectivity index is 1.36. The van der Waals surface area contributed by atoms with E-state index < -0.39 is 10.7 Å². The molecule has 1 aromatic heterocycles. The van der Waals surface area contributed by atoms with Crippen molar-refractivity contribution in [2.75, 3.05) is 13.1 Å². The fraction of sp³-hybridized carbons (Fsp3) is 0.190. The van der Waals surface area contributed by atoms with E-state index >= 15 is 0 Å². The zero-order valence-electron chi connectivity index (χ0n) is 16.7. The molecule has 0 aliphatic heterocycles. The maximum absolute atomic E-state index is 13.6. The largest absolute Gasteiger partial charge is 0.483 e. The monoisotopic (exact) mass is 458 g/mol. The summed E-state index contributed by atoms with van der Waals surface area (Å²) in [5.41, 5.74) is 0.456. The number of carbonyl (C=O) groups is 2. The third kappa shape index (κ3) is 6.32. The van der Waals surface area contributed by atoms with Crippen LogP contribution in [0.4, 0.5) is 10.1 Å². The standard InChI is InChI=1S/C21H19FN4O5S/c22-16-4-1-2-5-18(16)31-12-19-25-17(13-32-19)21(28)24-11-3-10-23-20(27)14-6-8-15(9-7-14)26(29)30/h1-2,4-9,13H,3,10-12H2,(H,23,27)(H,24,28). The molecule has 9 nitrogen and oxygen atoms in total. The van der Waals surface area contributed by atoms with Crippen LogP contribution in [0.1, 0.15) is 32.3 Å². The van der Waals surface area contributed by atoms with Gasteiger partial charge in [-0.15, -0.1) is 11.3 Å². The number of para-hydroxylation sites is 1. The van der Waals surface area contributed by atoms with E-state index in [4.69, 9.17) is 4.74 Å². The Morgan fingerprint density at radius 1 is 1.06 bits per heavy atom. The molecule has 3 rings (SSSR count). The second-order valence-electron chi connectivity index (χ2n) is 6.51. The number of halogens is 1. The number of carbonyl (C=O) groups excluding carboxylic acids is 2. The fourth-order valence-electron chi connectivity index (χ4n) is 2.60. The minimum Gasteiger partial charge on any atom is -0.483 e. The van der Waals surface area contributed by atoms with Gasteiger partial charge in [0.05, 0.1) is 4.92 Å². The van der Waals surface area contributed by atoms with E-state index in [0.717, 1.165) is 0 Å². The van der Waals surface area contributed by atoms with Gasteiger partial charge >= 0.3 is 0 Å². The average Bonchev–Trinajstić information content (AvgIpc) is 3.27. The molecule has 2 aromatic carbocycles. The highest BCUT2D eigenvalue weighted by molar-refractivity contribution is 7.09. The fourth-order valence-corrected chi connectivity index (χ4v) is 3.29. The lowest BCUT2D eigenvalue weighted by molar-refractivity contribution is -0.384. The normalized spacial score (nSPS) is 10.4. The Hall–Kier alpha value is -3.86. The number of amides is 2. The van der Waals surface area contributed by atoms with Crippen molar-refractivity contribution in [1.82, 2.24) is 15.6 Å². The van der Waals surface area contributed by atoms with E-state index in [1.165, 1.54) is 47.7 Å². The molecule has 0 aliphatic carbocycles. The average molecular weight is 458 g/mol. The number of nitro benzene ring substituents is 1. The molecule has 166 valence electrons. The van der Waals surface area contributed by atoms with Crippen LogP contribution in [0.2, 0.25) is 0 Å². The van der Waals surface area contributed by atoms with E-state index in [1.54, 1.807) is 17.5 Å². The summed E-state index contributed by atoms with van der Waals surface area (Å²) in [6.45, 7) is 0.681. The summed E-state index contributed by atoms with van der Waals surface area (Å²) in [6.07, 6.45) is 0.484. The van der Waals surface area contributed by atoms with Crippen LogP contribution in [0.25, 0.3) is 0 Å². The SMILES string of the molecule is O=C(NCCCNC(=O)c1csc(COc2ccccc2F)n1)c1ccc([N+](=O)[O-])cc1. The Labute approximate surface area is 186 Å². The molecular formula is C21H19FN4O5S. The molecule has 11 heteroatoms. The molecule has 0 fully saturated rings. The number of thiazole rings is 1. The maximum Gasteiger partial charge on any atom is 0.270 e. The summed E-state index contributed by atoms with van der Waals surface area (Å²) in [4.78, 5) is 38.5. The van der Waals surface area contributed by atoms with Crippen LogP contribution >= 0.6 is 11.3 Å². The van der Waals surface area contributed by atoms with Gasteiger partial charge in [-0.2, -0.15) is 0 Å². The molecule has 0 atom stereocenters. The van der Waals surface area contributed by atoms with Gasteiger partial charge < -0.3 is 15.4 Å². The summed E-state index contributed by atoms with van der Waals surface area (Å²) in [6, 6.07) is 11.3. The van der Waals surface area contributed by atoms with Crippen molar-refractivity contribution in [2.45, 2.75) is 13.0 Å². The number of nitrogens with one attached hydrogen (secondary N) is 2. The van der Waals surface area contributed by atoms with Crippen molar-refractivity contribution in [2.24, 2.45) is 0 Å². The molecule has 1 heterocycles. The van der Waals surface area contributed by atoms with Gasteiger partial charge in [0.25, 0.3) is 17.5 Å². The summed E-state index contributed by atoms with van der Waals surface area (Å²) < 4.78 is 18.9. The summed E-state index contributed by atoms with van der Waals surface area (Å²) in [7, 11) is 0. The highest BCUT2D eigenvalue weighted by atomic mass is 32.1. The number of benzene rings is 2. The van der Waals surface area contributed by atoms with Gasteiger partial charge in [-0.3, -0.25) is 19.7 Å². The summed E-state index contributed by atoms with van der Waals surface area (Å²) >= 11 is 1.23. The van der Waals surface area contributed by atoms with Crippen LogP contribution in [0, 0.1) is 15.9 Å². The number of hydrogen-bond acceptors (Lipinski definition) is 7. The number of nitro groups is 1. The smallest absolute Gasteiger partial charge is 0.270 e. The van der Waals surface area contributed by atoms with Gasteiger partial charge in [-0.05, 0) is 30.7 Å². The first-order valence-corrected chi connectivity index (χ1v) is 10.4. The molecule has 0 spiro atoms. The van der Waals surface area contributed by atoms with Crippen LogP contribution in [0.15, 0.2) is 53.9 Å². The Bertz CT molecular complexity index is 1100. The van der Waals surface area contributed by atoms with Crippen LogP contribution < -0.4 is 15.4 Å². The number of hydrogen-bond donors (Lipinski definition) is 2. The molecular weight excluding hydrogens is 439 g/mol. The highest BCUT2D eigenvalue weighted by Gasteiger charge is 2.12. The van der Waals surface area contributed by atoms with E-state index in [-0.39, 0.29) is 35.6 Å². The quantitative estimate of drug-likeness (QED) is 0.273. The van der Waals surface area contributed by atoms with Crippen molar-refractivity contribution in [3.8, 4) is 5.75 Å². The Kier molecular flexibility index (Phi) is 7.81. The van der Waals surface area contributed by atoms with Gasteiger partial charge in [0, 0.05) is 36.2 Å². The van der Waals surface area contributed by atoms with Gasteiger partial charge in [0.2, 0.25) is 0 Å². The predicted octanol–water partition coefficient (Wildman–Crippen LogP) is 3.32. The molecule has 0 unspecified atom stereocenters. The van der Waals surface area contributed by atoms with Gasteiger partial charge in [-0.1, -0.05) is 12.1 Å². The Morgan fingerprint density at radius 2 is 1.75 bits per heavy atom. The predicted molar refractivity (Wildman–Crippen MR) is 115 cm³/mol. The first-order valence-electron chi connectivity index (χ1n) is 9.56. The third-order valence-electron chi connectivity index (χ3n) is 4.24. The second-order valence-corrected chi connectivity index (χ2v) is 7.46. The van der Waals surface area contributed by atoms with Crippen LogP contribution in [0.5, 0.6) is 5.75 Å². The Morgan fingerprint density at radius 3 is 2.44 bits per heavy atom. The molecule has 0 saturated heterocycles. The van der Waals surface area contributed by atoms with Crippen molar-refractivity contribution < 1.29 is 23.6 Å². The summed E-state index contributed by atoms with van der Waals surface area (Å²) in [5.74, 6) is -1.07. The molecule has 0 aliphatic rings. The minimum absolute atomic E-state index is 0.0492. The lowest BCUT2D eigenvalue weighted by Gasteiger charge is -2.06. The van der Waals surface area contributed by atoms with Crippen LogP contribution in [0.3, 0.4) is 0 Å². The maximum atomic E-state index is 13.6. The molecule has 2 amide bonds. The van der Waals surface area contributed by atoms with E-state index in [1.807, 2.05) is 0 Å². The molecule has 3 aromatic rings. The number of non-ortho nitro benzene ring substituents is 1. The van der Waals surface area contributed by atoms with Crippen molar-refractivity contribution >= 4 is 28.8 Å². The number of aromatic nitrogens is 1. The number of rotatable bonds is 10. The van der Waals surface area contributed by atoms with Crippen molar-refractivity contribution in [1.29, 1.82) is 0 Å². The topological polar surface area (TPSA) is 123 Å². The van der Waals surface area contributed by atoms with Crippen molar-refractivity contribution in [3.05, 3.63) is 86.1 Å². The zero-order chi connectivity index (χ0) is 22.9. The molecule has 0 bridgehead atoms. The van der Waals surface area contributed by atoms with Gasteiger partial charge in [-0.25, -0.2) is 9.37 Å². The van der Waals surface area contributed by atoms with Crippen molar-refractivity contribution in [3.63, 3.8) is 0 Å². The van der Waals surface area contributed by atoms with E-state index in [9.17, 15) is 24.1 Å². The van der Waals surface area contributed by atoms with E-state index in [0.29, 0.717) is 30.1 Å². The van der Waals surface area contributed by atoms with Gasteiger partial charge in [0.1, 0.15) is 17.3 Å². The zero-order valence-corrected chi connectivity index (χ0v) is 17.6. The lowest BCUT2D eigenvalue weighted by atomic mass is 10.2. The molecule has 2 N–H and O–H groups in total. The first kappa shape index (κ1) is 22.8. The van der Waals surface area contributed by atoms with E-state index in [2.05, 4.69) is 15.6 Å². The number of nitrogens with zero attached hydrogens (tertiary/aromatic N) is 2. The number of ether oxygens (including phenoxy) is 1. The minimum atomic E-state index is -0.536. The highest BCUT2D eigenvalue weighted by Crippen LogP contribution is 2.18. The first-order chi connectivity index (χ1) is 15.4. The lowest BCUT2D eigenvalue weighted by Crippen LogP contribution is -2.30. The molecule has 32 heavy (non-hydrogen) atoms. The molecule has 0 saturated carbocycles. The van der Waals surface area contributed by atoms with Crippen LogP contribution in [-0.4, -0.2) is 34.8 Å². The third-order valence-corrected chi connectivity index (χ3v) is 5.06. The summed E-state index contributed by atoms with van der Waals surface area (Å²) in [5, 5.41) is 18.1.